The molecule has 1 saturated heterocycles. The fourth-order valence-electron chi connectivity index (χ4n) is 3.94. The molecule has 154 valence electrons. The third kappa shape index (κ3) is 4.54. The summed E-state index contributed by atoms with van der Waals surface area (Å²) in [6, 6.07) is 15.2. The van der Waals surface area contributed by atoms with Crippen LogP contribution < -0.4 is 10.3 Å². The highest BCUT2D eigenvalue weighted by Gasteiger charge is 2.33. The first-order valence-corrected chi connectivity index (χ1v) is 10.1. The molecule has 30 heavy (non-hydrogen) atoms. The molecule has 0 spiro atoms. The number of nitrogens with zero attached hydrogens (tertiary/aromatic N) is 3. The Balaban J connectivity index is 1.39. The lowest BCUT2D eigenvalue weighted by atomic mass is 9.91. The van der Waals surface area contributed by atoms with Crippen LogP contribution in [0.2, 0.25) is 0 Å². The van der Waals surface area contributed by atoms with Crippen molar-refractivity contribution in [3.63, 3.8) is 0 Å². The van der Waals surface area contributed by atoms with Crippen molar-refractivity contribution < 1.29 is 9.84 Å². The first-order valence-electron chi connectivity index (χ1n) is 10.1. The van der Waals surface area contributed by atoms with Crippen molar-refractivity contribution in [2.45, 2.75) is 31.5 Å². The van der Waals surface area contributed by atoms with E-state index in [9.17, 15) is 9.90 Å². The van der Waals surface area contributed by atoms with Crippen LogP contribution in [0.3, 0.4) is 0 Å². The van der Waals surface area contributed by atoms with Crippen molar-refractivity contribution >= 4 is 10.9 Å². The van der Waals surface area contributed by atoms with E-state index in [1.165, 1.54) is 10.9 Å². The van der Waals surface area contributed by atoms with Crippen molar-refractivity contribution in [1.29, 1.82) is 0 Å². The highest BCUT2D eigenvalue weighted by molar-refractivity contribution is 5.76. The van der Waals surface area contributed by atoms with Crippen LogP contribution >= 0.6 is 0 Å². The second-order valence-corrected chi connectivity index (χ2v) is 7.84. The lowest BCUT2D eigenvalue weighted by Crippen LogP contribution is -2.47. The van der Waals surface area contributed by atoms with E-state index in [-0.39, 0.29) is 18.7 Å². The minimum atomic E-state index is -0.914. The lowest BCUT2D eigenvalue weighted by molar-refractivity contribution is -0.0365. The zero-order chi connectivity index (χ0) is 21.0. The maximum Gasteiger partial charge on any atom is 0.261 e. The molecule has 1 aliphatic rings. The Hall–Kier alpha value is -3.14. The van der Waals surface area contributed by atoms with Crippen LogP contribution in [0.25, 0.3) is 10.9 Å². The van der Waals surface area contributed by atoms with E-state index in [1.807, 2.05) is 36.4 Å². The predicted molar refractivity (Wildman–Crippen MR) is 116 cm³/mol. The van der Waals surface area contributed by atoms with Gasteiger partial charge in [-0.15, -0.1) is 6.42 Å². The second-order valence-electron chi connectivity index (χ2n) is 7.84. The SMILES string of the molecule is C#CCOc1cccc(CN2CCC(O)(Cn3cnc4ccccc4c3=O)CC2)c1. The van der Waals surface area contributed by atoms with E-state index in [2.05, 4.69) is 21.9 Å². The van der Waals surface area contributed by atoms with Crippen molar-refractivity contribution in [2.24, 2.45) is 0 Å². The fraction of sp³-hybridized carbons (Fsp3) is 0.333. The molecule has 0 radical (unpaired) electrons. The highest BCUT2D eigenvalue weighted by Crippen LogP contribution is 2.25. The molecule has 2 aromatic carbocycles. The molecule has 1 fully saturated rings. The van der Waals surface area contributed by atoms with Gasteiger partial charge in [0.15, 0.2) is 0 Å². The van der Waals surface area contributed by atoms with Crippen LogP contribution in [0.15, 0.2) is 59.7 Å². The molecular weight excluding hydrogens is 378 g/mol. The van der Waals surface area contributed by atoms with Gasteiger partial charge in [0.2, 0.25) is 0 Å². The summed E-state index contributed by atoms with van der Waals surface area (Å²) >= 11 is 0. The molecule has 0 atom stereocenters. The average Bonchev–Trinajstić information content (AvgIpc) is 2.77. The van der Waals surface area contributed by atoms with Crippen LogP contribution in [0.1, 0.15) is 18.4 Å². The third-order valence-corrected chi connectivity index (χ3v) is 5.61. The van der Waals surface area contributed by atoms with Crippen LogP contribution in [0.5, 0.6) is 5.75 Å². The normalized spacial score (nSPS) is 16.3. The van der Waals surface area contributed by atoms with Gasteiger partial charge >= 0.3 is 0 Å². The van der Waals surface area contributed by atoms with Gasteiger partial charge in [0.25, 0.3) is 5.56 Å². The molecule has 3 aromatic rings. The van der Waals surface area contributed by atoms with Gasteiger partial charge in [-0.3, -0.25) is 14.3 Å². The van der Waals surface area contributed by atoms with Crippen molar-refractivity contribution in [3.05, 3.63) is 70.8 Å². The van der Waals surface area contributed by atoms with Gasteiger partial charge in [0.1, 0.15) is 12.4 Å². The third-order valence-electron chi connectivity index (χ3n) is 5.61. The molecule has 1 N–H and O–H groups in total. The summed E-state index contributed by atoms with van der Waals surface area (Å²) < 4.78 is 7.03. The minimum Gasteiger partial charge on any atom is -0.481 e. The summed E-state index contributed by atoms with van der Waals surface area (Å²) in [6.45, 7) is 2.79. The number of terminal acetylenes is 1. The minimum absolute atomic E-state index is 0.111. The number of para-hydroxylation sites is 1. The van der Waals surface area contributed by atoms with Crippen LogP contribution in [0.4, 0.5) is 0 Å². The molecule has 0 saturated carbocycles. The lowest BCUT2D eigenvalue weighted by Gasteiger charge is -2.38. The summed E-state index contributed by atoms with van der Waals surface area (Å²) in [7, 11) is 0. The molecule has 0 amide bonds. The maximum absolute atomic E-state index is 12.7. The molecule has 0 aliphatic carbocycles. The van der Waals surface area contributed by atoms with Gasteiger partial charge in [-0.25, -0.2) is 4.98 Å². The van der Waals surface area contributed by atoms with Gasteiger partial charge in [0.05, 0.1) is 29.4 Å². The molecular formula is C24H25N3O3. The number of hydrogen-bond donors (Lipinski definition) is 1. The van der Waals surface area contributed by atoms with Crippen molar-refractivity contribution in [2.75, 3.05) is 19.7 Å². The molecule has 1 aliphatic heterocycles. The number of ether oxygens (including phenoxy) is 1. The summed E-state index contributed by atoms with van der Waals surface area (Å²) in [5.74, 6) is 3.24. The van der Waals surface area contributed by atoms with E-state index in [0.29, 0.717) is 23.7 Å². The Labute approximate surface area is 175 Å². The number of aliphatic hydroxyl groups is 1. The number of hydrogen-bond acceptors (Lipinski definition) is 5. The number of rotatable bonds is 6. The highest BCUT2D eigenvalue weighted by atomic mass is 16.5. The van der Waals surface area contributed by atoms with Crippen molar-refractivity contribution in [3.8, 4) is 18.1 Å². The average molecular weight is 403 g/mol. The molecule has 1 aromatic heterocycles. The Morgan fingerprint density at radius 2 is 1.97 bits per heavy atom. The fourth-order valence-corrected chi connectivity index (χ4v) is 3.94. The Kier molecular flexibility index (Phi) is 5.84. The van der Waals surface area contributed by atoms with Crippen molar-refractivity contribution in [1.82, 2.24) is 14.5 Å². The number of aromatic nitrogens is 2. The Bertz CT molecular complexity index is 1120. The number of fused-ring (bicyclic) bond motifs is 1. The van der Waals surface area contributed by atoms with Gasteiger partial charge in [-0.05, 0) is 42.7 Å². The van der Waals surface area contributed by atoms with Gasteiger partial charge in [-0.1, -0.05) is 30.2 Å². The monoisotopic (exact) mass is 403 g/mol. The molecule has 6 heteroatoms. The first-order chi connectivity index (χ1) is 14.6. The summed E-state index contributed by atoms with van der Waals surface area (Å²) in [5.41, 5.74) is 0.793. The van der Waals surface area contributed by atoms with Gasteiger partial charge < -0.3 is 9.84 Å². The summed E-state index contributed by atoms with van der Waals surface area (Å²) in [4.78, 5) is 19.4. The predicted octanol–water partition coefficient (Wildman–Crippen LogP) is 2.44. The van der Waals surface area contributed by atoms with E-state index in [0.717, 1.165) is 30.9 Å². The standard InChI is InChI=1S/C24H25N3O3/c1-2-14-30-20-7-5-6-19(15-20)16-26-12-10-24(29,11-13-26)17-27-18-25-22-9-4-3-8-21(22)23(27)28/h1,3-9,15,18,29H,10-14,16-17H2. The van der Waals surface area contributed by atoms with E-state index >= 15 is 0 Å². The summed E-state index contributed by atoms with van der Waals surface area (Å²) in [5, 5.41) is 11.7. The molecule has 4 rings (SSSR count). The van der Waals surface area contributed by atoms with Gasteiger partial charge in [0, 0.05) is 19.6 Å². The second kappa shape index (κ2) is 8.70. The largest absolute Gasteiger partial charge is 0.481 e. The van der Waals surface area contributed by atoms with E-state index in [1.54, 1.807) is 6.07 Å². The zero-order valence-corrected chi connectivity index (χ0v) is 16.8. The Morgan fingerprint density at radius 3 is 2.77 bits per heavy atom. The molecule has 0 bridgehead atoms. The summed E-state index contributed by atoms with van der Waals surface area (Å²) in [6.07, 6.45) is 7.98. The zero-order valence-electron chi connectivity index (χ0n) is 16.8. The first kappa shape index (κ1) is 20.1. The van der Waals surface area contributed by atoms with E-state index < -0.39 is 5.60 Å². The topological polar surface area (TPSA) is 67.6 Å². The number of likely N-dealkylation sites (tertiary alicyclic amines) is 1. The van der Waals surface area contributed by atoms with Crippen LogP contribution in [-0.2, 0) is 13.1 Å². The van der Waals surface area contributed by atoms with Crippen LogP contribution in [0, 0.1) is 12.3 Å². The van der Waals surface area contributed by atoms with E-state index in [4.69, 9.17) is 11.2 Å². The smallest absolute Gasteiger partial charge is 0.261 e. The molecule has 2 heterocycles. The quantitative estimate of drug-likeness (QED) is 0.641. The molecule has 0 unspecified atom stereocenters. The van der Waals surface area contributed by atoms with Crippen LogP contribution in [-0.4, -0.2) is 44.9 Å². The number of benzene rings is 2. The maximum atomic E-state index is 12.7. The molecule has 6 nitrogen and oxygen atoms in total. The Morgan fingerprint density at radius 1 is 1.17 bits per heavy atom. The van der Waals surface area contributed by atoms with Gasteiger partial charge in [-0.2, -0.15) is 0 Å². The number of piperidine rings is 1.